The molecule has 0 bridgehead atoms. The standard InChI is InChI=1S/C8H11BrN2O/c1-8(2,3)5-4-10-7(12)6(9)11-5/h4H,1-3H3,(H,10,12). The summed E-state index contributed by atoms with van der Waals surface area (Å²) in [5.74, 6) is 0. The highest BCUT2D eigenvalue weighted by Crippen LogP contribution is 2.18. The van der Waals surface area contributed by atoms with Gasteiger partial charge >= 0.3 is 0 Å². The Labute approximate surface area is 79.4 Å². The molecule has 12 heavy (non-hydrogen) atoms. The number of halogens is 1. The molecule has 1 N–H and O–H groups in total. The molecular weight excluding hydrogens is 220 g/mol. The molecule has 1 rings (SSSR count). The monoisotopic (exact) mass is 230 g/mol. The van der Waals surface area contributed by atoms with Crippen LogP contribution in [0.15, 0.2) is 15.6 Å². The van der Waals surface area contributed by atoms with Gasteiger partial charge in [0.05, 0.1) is 5.69 Å². The van der Waals surface area contributed by atoms with Crippen molar-refractivity contribution in [1.29, 1.82) is 0 Å². The molecule has 0 saturated heterocycles. The molecule has 0 atom stereocenters. The van der Waals surface area contributed by atoms with Gasteiger partial charge in [-0.15, -0.1) is 0 Å². The van der Waals surface area contributed by atoms with Gasteiger partial charge in [-0.3, -0.25) is 4.79 Å². The van der Waals surface area contributed by atoms with Gasteiger partial charge in [-0.1, -0.05) is 20.8 Å². The lowest BCUT2D eigenvalue weighted by Gasteiger charge is -2.16. The van der Waals surface area contributed by atoms with E-state index in [1.165, 1.54) is 0 Å². The molecule has 0 spiro atoms. The normalized spacial score (nSPS) is 11.7. The first-order chi connectivity index (χ1) is 5.41. The van der Waals surface area contributed by atoms with Gasteiger partial charge in [0.1, 0.15) is 0 Å². The number of rotatable bonds is 0. The first-order valence-corrected chi connectivity index (χ1v) is 4.46. The van der Waals surface area contributed by atoms with Crippen LogP contribution < -0.4 is 5.56 Å². The predicted octanol–water partition coefficient (Wildman–Crippen LogP) is 1.83. The first-order valence-electron chi connectivity index (χ1n) is 3.67. The second-order valence-electron chi connectivity index (χ2n) is 3.66. The third-order valence-electron chi connectivity index (χ3n) is 1.51. The molecule has 1 aromatic rings. The Hall–Kier alpha value is -0.640. The van der Waals surface area contributed by atoms with E-state index in [1.54, 1.807) is 6.20 Å². The molecule has 0 amide bonds. The largest absolute Gasteiger partial charge is 0.325 e. The first kappa shape index (κ1) is 9.45. The van der Waals surface area contributed by atoms with Gasteiger partial charge in [-0.2, -0.15) is 0 Å². The van der Waals surface area contributed by atoms with E-state index >= 15 is 0 Å². The van der Waals surface area contributed by atoms with Crippen LogP contribution in [-0.4, -0.2) is 9.97 Å². The zero-order valence-electron chi connectivity index (χ0n) is 7.31. The third kappa shape index (κ3) is 1.94. The molecule has 0 radical (unpaired) electrons. The van der Waals surface area contributed by atoms with Crippen molar-refractivity contribution in [3.8, 4) is 0 Å². The maximum atomic E-state index is 10.9. The van der Waals surface area contributed by atoms with E-state index in [9.17, 15) is 4.79 Å². The van der Waals surface area contributed by atoms with Crippen LogP contribution in [0.3, 0.4) is 0 Å². The van der Waals surface area contributed by atoms with Crippen LogP contribution in [0.5, 0.6) is 0 Å². The molecule has 66 valence electrons. The number of nitrogens with zero attached hydrogens (tertiary/aromatic N) is 1. The zero-order chi connectivity index (χ0) is 9.35. The Bertz CT molecular complexity index is 338. The molecule has 3 nitrogen and oxygen atoms in total. The summed E-state index contributed by atoms with van der Waals surface area (Å²) >= 11 is 3.08. The van der Waals surface area contributed by atoms with Crippen LogP contribution in [0.4, 0.5) is 0 Å². The van der Waals surface area contributed by atoms with E-state index in [0.717, 1.165) is 5.69 Å². The Morgan fingerprint density at radius 1 is 1.50 bits per heavy atom. The predicted molar refractivity (Wildman–Crippen MR) is 51.3 cm³/mol. The molecule has 0 fully saturated rings. The number of aromatic amines is 1. The van der Waals surface area contributed by atoms with Crippen molar-refractivity contribution in [1.82, 2.24) is 9.97 Å². The fourth-order valence-corrected chi connectivity index (χ4v) is 1.07. The van der Waals surface area contributed by atoms with Crippen LogP contribution in [0.25, 0.3) is 0 Å². The van der Waals surface area contributed by atoms with Gasteiger partial charge in [0.25, 0.3) is 5.56 Å². The van der Waals surface area contributed by atoms with E-state index < -0.39 is 0 Å². The van der Waals surface area contributed by atoms with Gasteiger partial charge < -0.3 is 4.98 Å². The van der Waals surface area contributed by atoms with Crippen molar-refractivity contribution in [2.75, 3.05) is 0 Å². The van der Waals surface area contributed by atoms with E-state index in [0.29, 0.717) is 4.60 Å². The molecule has 0 saturated carbocycles. The van der Waals surface area contributed by atoms with Gasteiger partial charge in [-0.25, -0.2) is 4.98 Å². The van der Waals surface area contributed by atoms with Crippen molar-refractivity contribution in [2.24, 2.45) is 0 Å². The Kier molecular flexibility index (Phi) is 2.37. The lowest BCUT2D eigenvalue weighted by atomic mass is 9.93. The average molecular weight is 231 g/mol. The molecule has 1 aromatic heterocycles. The second-order valence-corrected chi connectivity index (χ2v) is 4.41. The number of H-pyrrole nitrogens is 1. The molecule has 0 aliphatic carbocycles. The van der Waals surface area contributed by atoms with Gasteiger partial charge in [0, 0.05) is 11.6 Å². The van der Waals surface area contributed by atoms with Crippen molar-refractivity contribution in [2.45, 2.75) is 26.2 Å². The van der Waals surface area contributed by atoms with Crippen LogP contribution >= 0.6 is 15.9 Å². The van der Waals surface area contributed by atoms with E-state index in [2.05, 4.69) is 25.9 Å². The Morgan fingerprint density at radius 2 is 2.08 bits per heavy atom. The van der Waals surface area contributed by atoms with Gasteiger partial charge in [0.2, 0.25) is 0 Å². The SMILES string of the molecule is CC(C)(C)c1c[nH]c(=O)c(Br)n1. The van der Waals surface area contributed by atoms with Crippen LogP contribution in [0.1, 0.15) is 26.5 Å². The molecular formula is C8H11BrN2O. The van der Waals surface area contributed by atoms with E-state index in [4.69, 9.17) is 0 Å². The van der Waals surface area contributed by atoms with Crippen molar-refractivity contribution in [3.63, 3.8) is 0 Å². The molecule has 4 heteroatoms. The van der Waals surface area contributed by atoms with Crippen molar-refractivity contribution < 1.29 is 0 Å². The summed E-state index contributed by atoms with van der Waals surface area (Å²) < 4.78 is 0.343. The highest BCUT2D eigenvalue weighted by atomic mass is 79.9. The summed E-state index contributed by atoms with van der Waals surface area (Å²) in [6.45, 7) is 6.13. The summed E-state index contributed by atoms with van der Waals surface area (Å²) in [5.41, 5.74) is 0.643. The number of hydrogen-bond acceptors (Lipinski definition) is 2. The van der Waals surface area contributed by atoms with Crippen LogP contribution in [0, 0.1) is 0 Å². The summed E-state index contributed by atoms with van der Waals surface area (Å²) in [4.78, 5) is 17.7. The van der Waals surface area contributed by atoms with Crippen LogP contribution in [-0.2, 0) is 5.41 Å². The highest BCUT2D eigenvalue weighted by Gasteiger charge is 2.16. The molecule has 0 aliphatic heterocycles. The zero-order valence-corrected chi connectivity index (χ0v) is 8.90. The van der Waals surface area contributed by atoms with Gasteiger partial charge in [0.15, 0.2) is 4.60 Å². The fourth-order valence-electron chi connectivity index (χ4n) is 0.766. The number of aromatic nitrogens is 2. The van der Waals surface area contributed by atoms with E-state index in [1.807, 2.05) is 20.8 Å². The number of nitrogens with one attached hydrogen (secondary N) is 1. The maximum Gasteiger partial charge on any atom is 0.281 e. The molecule has 1 heterocycles. The van der Waals surface area contributed by atoms with Gasteiger partial charge in [-0.05, 0) is 15.9 Å². The van der Waals surface area contributed by atoms with Crippen molar-refractivity contribution in [3.05, 3.63) is 26.8 Å². The quantitative estimate of drug-likeness (QED) is 0.740. The third-order valence-corrected chi connectivity index (χ3v) is 2.05. The Balaban J connectivity index is 3.23. The highest BCUT2D eigenvalue weighted by molar-refractivity contribution is 9.10. The minimum atomic E-state index is -0.192. The summed E-state index contributed by atoms with van der Waals surface area (Å²) in [6.07, 6.45) is 1.65. The molecule has 0 unspecified atom stereocenters. The van der Waals surface area contributed by atoms with Crippen molar-refractivity contribution >= 4 is 15.9 Å². The van der Waals surface area contributed by atoms with E-state index in [-0.39, 0.29) is 11.0 Å². The lowest BCUT2D eigenvalue weighted by Crippen LogP contribution is -2.18. The fraction of sp³-hybridized carbons (Fsp3) is 0.500. The minimum absolute atomic E-state index is 0.0350. The maximum absolute atomic E-state index is 10.9. The minimum Gasteiger partial charge on any atom is -0.325 e. The molecule has 0 aliphatic rings. The summed E-state index contributed by atoms with van der Waals surface area (Å²) in [5, 5.41) is 0. The summed E-state index contributed by atoms with van der Waals surface area (Å²) in [7, 11) is 0. The lowest BCUT2D eigenvalue weighted by molar-refractivity contribution is 0.562. The Morgan fingerprint density at radius 3 is 2.50 bits per heavy atom. The topological polar surface area (TPSA) is 45.8 Å². The number of hydrogen-bond donors (Lipinski definition) is 1. The summed E-state index contributed by atoms with van der Waals surface area (Å²) in [6, 6.07) is 0. The van der Waals surface area contributed by atoms with Crippen LogP contribution in [0.2, 0.25) is 0 Å². The average Bonchev–Trinajstić information content (AvgIpc) is 1.92. The molecule has 0 aromatic carbocycles. The second kappa shape index (κ2) is 3.01. The smallest absolute Gasteiger partial charge is 0.281 e.